The average Bonchev–Trinajstić information content (AvgIpc) is 3.30. The fourth-order valence-corrected chi connectivity index (χ4v) is 4.54. The Morgan fingerprint density at radius 1 is 1.06 bits per heavy atom. The monoisotopic (exact) mass is 435 g/mol. The predicted molar refractivity (Wildman–Crippen MR) is 131 cm³/mol. The van der Waals surface area contributed by atoms with Crippen LogP contribution in [0.5, 0.6) is 0 Å². The Bertz CT molecular complexity index is 846. The van der Waals surface area contributed by atoms with Crippen molar-refractivity contribution < 1.29 is 4.74 Å². The lowest BCUT2D eigenvalue weighted by Gasteiger charge is -2.31. The van der Waals surface area contributed by atoms with E-state index in [1.807, 2.05) is 19.3 Å². The van der Waals surface area contributed by atoms with Crippen LogP contribution < -0.4 is 10.2 Å². The van der Waals surface area contributed by atoms with E-state index in [1.54, 1.807) is 0 Å². The van der Waals surface area contributed by atoms with E-state index in [2.05, 4.69) is 63.4 Å². The molecule has 0 aliphatic carbocycles. The van der Waals surface area contributed by atoms with Crippen LogP contribution in [0.15, 0.2) is 53.7 Å². The van der Waals surface area contributed by atoms with Crippen molar-refractivity contribution in [2.24, 2.45) is 16.8 Å². The number of piperidine rings is 1. The number of ether oxygens (including phenoxy) is 1. The van der Waals surface area contributed by atoms with Gasteiger partial charge in [0.2, 0.25) is 0 Å². The van der Waals surface area contributed by atoms with Crippen LogP contribution in [0.25, 0.3) is 0 Å². The van der Waals surface area contributed by atoms with Gasteiger partial charge in [-0.2, -0.15) is 0 Å². The highest BCUT2D eigenvalue weighted by atomic mass is 16.5. The summed E-state index contributed by atoms with van der Waals surface area (Å²) in [6.07, 6.45) is 5.66. The summed E-state index contributed by atoms with van der Waals surface area (Å²) in [6.45, 7) is 8.79. The van der Waals surface area contributed by atoms with Gasteiger partial charge in [-0.3, -0.25) is 4.99 Å². The molecule has 1 N–H and O–H groups in total. The second-order valence-corrected chi connectivity index (χ2v) is 9.20. The molecule has 0 saturated carbocycles. The van der Waals surface area contributed by atoms with Gasteiger partial charge in [0.25, 0.3) is 0 Å². The smallest absolute Gasteiger partial charge is 0.193 e. The molecule has 2 aliphatic rings. The van der Waals surface area contributed by atoms with Crippen molar-refractivity contribution in [3.8, 4) is 0 Å². The second kappa shape index (κ2) is 11.3. The van der Waals surface area contributed by atoms with Gasteiger partial charge in [0, 0.05) is 51.9 Å². The number of nitrogens with one attached hydrogen (secondary N) is 1. The second-order valence-electron chi connectivity index (χ2n) is 9.20. The summed E-state index contributed by atoms with van der Waals surface area (Å²) >= 11 is 0. The molecule has 1 atom stereocenters. The predicted octanol–water partition coefficient (Wildman–Crippen LogP) is 3.93. The highest BCUT2D eigenvalue weighted by Gasteiger charge is 2.25. The number of benzene rings is 1. The van der Waals surface area contributed by atoms with E-state index >= 15 is 0 Å². The zero-order valence-corrected chi connectivity index (χ0v) is 19.5. The zero-order valence-electron chi connectivity index (χ0n) is 19.5. The molecule has 0 amide bonds. The van der Waals surface area contributed by atoms with Crippen molar-refractivity contribution in [2.45, 2.75) is 39.3 Å². The van der Waals surface area contributed by atoms with Crippen molar-refractivity contribution in [1.82, 2.24) is 15.2 Å². The molecular weight excluding hydrogens is 398 g/mol. The number of rotatable bonds is 7. The third kappa shape index (κ3) is 6.22. The molecule has 2 aromatic rings. The van der Waals surface area contributed by atoms with Crippen molar-refractivity contribution in [1.29, 1.82) is 0 Å². The van der Waals surface area contributed by atoms with E-state index in [0.29, 0.717) is 12.5 Å². The first-order chi connectivity index (χ1) is 15.7. The van der Waals surface area contributed by atoms with Crippen LogP contribution in [0, 0.1) is 11.8 Å². The fourth-order valence-electron chi connectivity index (χ4n) is 4.54. The number of aromatic nitrogens is 1. The van der Waals surface area contributed by atoms with Gasteiger partial charge < -0.3 is 19.9 Å². The molecule has 6 nitrogen and oxygen atoms in total. The van der Waals surface area contributed by atoms with Crippen LogP contribution in [-0.4, -0.2) is 55.7 Å². The summed E-state index contributed by atoms with van der Waals surface area (Å²) in [6, 6.07) is 14.7. The van der Waals surface area contributed by atoms with E-state index in [4.69, 9.17) is 9.72 Å². The van der Waals surface area contributed by atoms with Gasteiger partial charge in [-0.15, -0.1) is 0 Å². The van der Waals surface area contributed by atoms with Crippen LogP contribution in [0.3, 0.4) is 0 Å². The third-order valence-corrected chi connectivity index (χ3v) is 6.63. The molecule has 1 aromatic carbocycles. The quantitative estimate of drug-likeness (QED) is 0.528. The molecule has 1 aromatic heterocycles. The van der Waals surface area contributed by atoms with Crippen molar-refractivity contribution in [3.63, 3.8) is 0 Å². The molecule has 172 valence electrons. The summed E-state index contributed by atoms with van der Waals surface area (Å²) < 4.78 is 5.96. The number of anilines is 1. The van der Waals surface area contributed by atoms with Crippen LogP contribution >= 0.6 is 0 Å². The number of pyridine rings is 1. The highest BCUT2D eigenvalue weighted by molar-refractivity contribution is 5.80. The van der Waals surface area contributed by atoms with Crippen LogP contribution in [0.4, 0.5) is 5.82 Å². The van der Waals surface area contributed by atoms with Gasteiger partial charge in [-0.25, -0.2) is 4.98 Å². The molecule has 2 aliphatic heterocycles. The SMILES string of the molecule is CN=C(NCc1ccc(N2CCC(C)CC2)nc1)N1CCC(COCc2ccccc2)C1. The van der Waals surface area contributed by atoms with Gasteiger partial charge in [0.1, 0.15) is 5.82 Å². The van der Waals surface area contributed by atoms with Crippen molar-refractivity contribution in [3.05, 3.63) is 59.8 Å². The molecular formula is C26H37N5O. The molecule has 0 bridgehead atoms. The molecule has 2 saturated heterocycles. The Balaban J connectivity index is 1.20. The first-order valence-electron chi connectivity index (χ1n) is 12.0. The number of aliphatic imine (C=N–C) groups is 1. The standard InChI is InChI=1S/C26H37N5O/c1-21-10-13-30(14-11-21)25-9-8-23(16-28-25)17-29-26(27-2)31-15-12-24(18-31)20-32-19-22-6-4-3-5-7-22/h3-9,16,21,24H,10-15,17-20H2,1-2H3,(H,27,29). The zero-order chi connectivity index (χ0) is 22.2. The number of nitrogens with zero attached hydrogens (tertiary/aromatic N) is 4. The Morgan fingerprint density at radius 2 is 1.88 bits per heavy atom. The van der Waals surface area contributed by atoms with Crippen LogP contribution in [0.2, 0.25) is 0 Å². The van der Waals surface area contributed by atoms with Crippen molar-refractivity contribution in [2.75, 3.05) is 44.7 Å². The van der Waals surface area contributed by atoms with Gasteiger partial charge in [0.05, 0.1) is 13.2 Å². The first-order valence-corrected chi connectivity index (χ1v) is 12.0. The Hall–Kier alpha value is -2.60. The average molecular weight is 436 g/mol. The van der Waals surface area contributed by atoms with E-state index in [1.165, 1.54) is 24.0 Å². The van der Waals surface area contributed by atoms with Crippen LogP contribution in [-0.2, 0) is 17.9 Å². The molecule has 2 fully saturated rings. The van der Waals surface area contributed by atoms with Gasteiger partial charge in [-0.05, 0) is 42.4 Å². The maximum absolute atomic E-state index is 5.96. The lowest BCUT2D eigenvalue weighted by molar-refractivity contribution is 0.0906. The number of guanidine groups is 1. The molecule has 1 unspecified atom stereocenters. The summed E-state index contributed by atoms with van der Waals surface area (Å²) in [5.74, 6) is 3.44. The minimum absolute atomic E-state index is 0.547. The van der Waals surface area contributed by atoms with E-state index in [0.717, 1.165) is 63.4 Å². The van der Waals surface area contributed by atoms with E-state index < -0.39 is 0 Å². The minimum atomic E-state index is 0.547. The Morgan fingerprint density at radius 3 is 2.59 bits per heavy atom. The molecule has 32 heavy (non-hydrogen) atoms. The number of hydrogen-bond donors (Lipinski definition) is 1. The Labute approximate surface area is 192 Å². The third-order valence-electron chi connectivity index (χ3n) is 6.63. The lowest BCUT2D eigenvalue weighted by atomic mass is 9.99. The minimum Gasteiger partial charge on any atom is -0.376 e. The van der Waals surface area contributed by atoms with Crippen molar-refractivity contribution >= 4 is 11.8 Å². The number of likely N-dealkylation sites (tertiary alicyclic amines) is 1. The summed E-state index contributed by atoms with van der Waals surface area (Å²) in [5.41, 5.74) is 2.41. The lowest BCUT2D eigenvalue weighted by Crippen LogP contribution is -2.39. The summed E-state index contributed by atoms with van der Waals surface area (Å²) in [5, 5.41) is 3.52. The molecule has 3 heterocycles. The summed E-state index contributed by atoms with van der Waals surface area (Å²) in [7, 11) is 1.86. The molecule has 6 heteroatoms. The number of hydrogen-bond acceptors (Lipinski definition) is 4. The first kappa shape index (κ1) is 22.6. The van der Waals surface area contributed by atoms with Gasteiger partial charge in [-0.1, -0.05) is 43.3 Å². The van der Waals surface area contributed by atoms with Gasteiger partial charge >= 0.3 is 0 Å². The highest BCUT2D eigenvalue weighted by Crippen LogP contribution is 2.21. The van der Waals surface area contributed by atoms with E-state index in [9.17, 15) is 0 Å². The molecule has 0 spiro atoms. The topological polar surface area (TPSA) is 53.0 Å². The van der Waals surface area contributed by atoms with Gasteiger partial charge in [0.15, 0.2) is 5.96 Å². The van der Waals surface area contributed by atoms with E-state index in [-0.39, 0.29) is 0 Å². The normalized spacial score (nSPS) is 20.1. The van der Waals surface area contributed by atoms with Crippen LogP contribution in [0.1, 0.15) is 37.3 Å². The fraction of sp³-hybridized carbons (Fsp3) is 0.538. The summed E-state index contributed by atoms with van der Waals surface area (Å²) in [4.78, 5) is 14.0. The molecule has 0 radical (unpaired) electrons. The maximum Gasteiger partial charge on any atom is 0.193 e. The Kier molecular flexibility index (Phi) is 7.99. The molecule has 4 rings (SSSR count). The maximum atomic E-state index is 5.96. The largest absolute Gasteiger partial charge is 0.376 e.